The van der Waals surface area contributed by atoms with Crippen molar-refractivity contribution in [3.05, 3.63) is 39.4 Å². The van der Waals surface area contributed by atoms with E-state index in [0.717, 1.165) is 12.1 Å². The number of nitro benzene ring substituents is 1. The molecule has 0 saturated carbocycles. The molecule has 0 heterocycles. The van der Waals surface area contributed by atoms with Crippen LogP contribution in [0.15, 0.2) is 18.2 Å². The summed E-state index contributed by atoms with van der Waals surface area (Å²) in [6.45, 7) is 0. The van der Waals surface area contributed by atoms with Gasteiger partial charge in [0.05, 0.1) is 16.1 Å². The van der Waals surface area contributed by atoms with Gasteiger partial charge in [0.15, 0.2) is 0 Å². The fraction of sp³-hybridized carbons (Fsp3) is 0. The smallest absolute Gasteiger partial charge is 0.478 e. The maximum Gasteiger partial charge on any atom is 2.00 e. The van der Waals surface area contributed by atoms with Crippen molar-refractivity contribution in [1.82, 2.24) is 0 Å². The minimum absolute atomic E-state index is 0. The van der Waals surface area contributed by atoms with Gasteiger partial charge in [0.25, 0.3) is 5.69 Å². The first kappa shape index (κ1) is 14.2. The molecule has 0 atom stereocenters. The Morgan fingerprint density at radius 2 is 1.62 bits per heavy atom. The van der Waals surface area contributed by atoms with Gasteiger partial charge in [0, 0.05) is 12.1 Å². The number of hydrogen-bond donors (Lipinski definition) is 2. The Morgan fingerprint density at radius 1 is 1.12 bits per heavy atom. The van der Waals surface area contributed by atoms with E-state index in [1.54, 1.807) is 0 Å². The number of carboxylic acid groups (broad SMARTS) is 2. The van der Waals surface area contributed by atoms with Crippen LogP contribution in [0.2, 0.25) is 0 Å². The zero-order valence-electron chi connectivity index (χ0n) is 7.52. The van der Waals surface area contributed by atoms with E-state index in [4.69, 9.17) is 10.2 Å². The summed E-state index contributed by atoms with van der Waals surface area (Å²) < 4.78 is 0. The van der Waals surface area contributed by atoms with E-state index in [9.17, 15) is 19.7 Å². The third kappa shape index (κ3) is 2.87. The Hall–Kier alpha value is -1.75. The van der Waals surface area contributed by atoms with Gasteiger partial charge in [-0.1, -0.05) is 0 Å². The van der Waals surface area contributed by atoms with E-state index in [0.29, 0.717) is 6.07 Å². The molecule has 7 nitrogen and oxygen atoms in total. The van der Waals surface area contributed by atoms with E-state index in [1.165, 1.54) is 0 Å². The first-order valence-corrected chi connectivity index (χ1v) is 3.68. The summed E-state index contributed by atoms with van der Waals surface area (Å²) in [4.78, 5) is 30.7. The van der Waals surface area contributed by atoms with Gasteiger partial charge in [-0.3, -0.25) is 10.1 Å². The summed E-state index contributed by atoms with van der Waals surface area (Å²) in [6, 6.07) is 2.55. The van der Waals surface area contributed by atoms with Crippen molar-refractivity contribution in [2.24, 2.45) is 0 Å². The zero-order valence-corrected chi connectivity index (χ0v) is 9.80. The standard InChI is InChI=1S/C8H5NO6.Pt/c10-7(11)5-2-1-4(9(14)15)3-6(5)8(12)13;/h1-3H,(H,10,11)(H,12,13);/q;+2. The predicted molar refractivity (Wildman–Crippen MR) is 47.0 cm³/mol. The van der Waals surface area contributed by atoms with Gasteiger partial charge in [0.2, 0.25) is 0 Å². The molecule has 0 fully saturated rings. The summed E-state index contributed by atoms with van der Waals surface area (Å²) in [5.74, 6) is -2.96. The van der Waals surface area contributed by atoms with Crippen LogP contribution in [0.4, 0.5) is 5.69 Å². The van der Waals surface area contributed by atoms with Crippen molar-refractivity contribution in [2.75, 3.05) is 0 Å². The van der Waals surface area contributed by atoms with Gasteiger partial charge in [-0.2, -0.15) is 0 Å². The van der Waals surface area contributed by atoms with Crippen molar-refractivity contribution < 1.29 is 45.8 Å². The van der Waals surface area contributed by atoms with Crippen molar-refractivity contribution in [3.63, 3.8) is 0 Å². The van der Waals surface area contributed by atoms with Crippen LogP contribution in [0.1, 0.15) is 20.7 Å². The molecule has 0 unspecified atom stereocenters. The first-order chi connectivity index (χ1) is 6.93. The Balaban J connectivity index is 0.00000225. The third-order valence-corrected chi connectivity index (χ3v) is 1.67. The largest absolute Gasteiger partial charge is 2.00 e. The molecule has 0 spiro atoms. The number of carbonyl (C=O) groups is 2. The number of nitro groups is 1. The van der Waals surface area contributed by atoms with Crippen LogP contribution in [-0.2, 0) is 21.1 Å². The van der Waals surface area contributed by atoms with Crippen molar-refractivity contribution in [2.45, 2.75) is 0 Å². The molecule has 0 amide bonds. The molecule has 0 aliphatic rings. The van der Waals surface area contributed by atoms with Crippen LogP contribution in [0, 0.1) is 10.1 Å². The van der Waals surface area contributed by atoms with Crippen LogP contribution < -0.4 is 0 Å². The number of nitrogens with zero attached hydrogens (tertiary/aromatic N) is 1. The van der Waals surface area contributed by atoms with Crippen LogP contribution in [-0.4, -0.2) is 27.1 Å². The number of hydrogen-bond acceptors (Lipinski definition) is 4. The summed E-state index contributed by atoms with van der Waals surface area (Å²) in [7, 11) is 0. The molecule has 0 aliphatic carbocycles. The summed E-state index contributed by atoms with van der Waals surface area (Å²) in [5, 5.41) is 27.6. The first-order valence-electron chi connectivity index (χ1n) is 3.68. The number of rotatable bonds is 3. The molecule has 2 N–H and O–H groups in total. The third-order valence-electron chi connectivity index (χ3n) is 1.67. The average molecular weight is 406 g/mol. The minimum atomic E-state index is -1.52. The van der Waals surface area contributed by atoms with Gasteiger partial charge in [0.1, 0.15) is 0 Å². The maximum absolute atomic E-state index is 10.6. The van der Waals surface area contributed by atoms with Gasteiger partial charge < -0.3 is 10.2 Å². The number of aromatic carboxylic acids is 2. The van der Waals surface area contributed by atoms with Gasteiger partial charge >= 0.3 is 33.0 Å². The Labute approximate surface area is 103 Å². The second kappa shape index (κ2) is 5.36. The van der Waals surface area contributed by atoms with E-state index in [2.05, 4.69) is 0 Å². The van der Waals surface area contributed by atoms with Gasteiger partial charge in [-0.15, -0.1) is 0 Å². The van der Waals surface area contributed by atoms with E-state index < -0.39 is 33.7 Å². The van der Waals surface area contributed by atoms with Crippen LogP contribution >= 0.6 is 0 Å². The van der Waals surface area contributed by atoms with Crippen molar-refractivity contribution >= 4 is 17.6 Å². The molecule has 1 aromatic carbocycles. The quantitative estimate of drug-likeness (QED) is 0.571. The predicted octanol–water partition coefficient (Wildman–Crippen LogP) is 0.989. The summed E-state index contributed by atoms with van der Waals surface area (Å²) in [5.41, 5.74) is -1.54. The number of benzene rings is 1. The van der Waals surface area contributed by atoms with E-state index in [1.807, 2.05) is 0 Å². The Bertz CT molecular complexity index is 458. The van der Waals surface area contributed by atoms with Crippen LogP contribution in [0.3, 0.4) is 0 Å². The normalized spacial score (nSPS) is 9.00. The molecular formula is C8H5NO6Pt+2. The van der Waals surface area contributed by atoms with Gasteiger partial charge in [-0.05, 0) is 6.07 Å². The fourth-order valence-electron chi connectivity index (χ4n) is 1.01. The van der Waals surface area contributed by atoms with E-state index in [-0.39, 0.29) is 21.1 Å². The van der Waals surface area contributed by atoms with Crippen LogP contribution in [0.5, 0.6) is 0 Å². The van der Waals surface area contributed by atoms with Gasteiger partial charge in [-0.25, -0.2) is 9.59 Å². The number of carboxylic acids is 2. The minimum Gasteiger partial charge on any atom is -0.478 e. The molecule has 8 heteroatoms. The molecule has 1 aromatic rings. The Kier molecular flexibility index (Phi) is 4.78. The van der Waals surface area contributed by atoms with E-state index >= 15 is 0 Å². The zero-order chi connectivity index (χ0) is 11.6. The molecule has 1 rings (SSSR count). The van der Waals surface area contributed by atoms with Crippen LogP contribution in [0.25, 0.3) is 0 Å². The average Bonchev–Trinajstić information content (AvgIpc) is 2.16. The molecule has 0 saturated heterocycles. The molecule has 0 aromatic heterocycles. The fourth-order valence-corrected chi connectivity index (χ4v) is 1.01. The summed E-state index contributed by atoms with van der Waals surface area (Å²) in [6.07, 6.45) is 0. The number of non-ortho nitro benzene ring substituents is 1. The van der Waals surface area contributed by atoms with Crippen molar-refractivity contribution in [3.8, 4) is 0 Å². The molecule has 16 heavy (non-hydrogen) atoms. The molecule has 86 valence electrons. The molecule has 0 aliphatic heterocycles. The monoisotopic (exact) mass is 406 g/mol. The second-order valence-electron chi connectivity index (χ2n) is 2.60. The topological polar surface area (TPSA) is 118 Å². The summed E-state index contributed by atoms with van der Waals surface area (Å²) >= 11 is 0. The Morgan fingerprint density at radius 3 is 2.00 bits per heavy atom. The molecule has 0 bridgehead atoms. The maximum atomic E-state index is 10.6. The molecule has 0 radical (unpaired) electrons. The molecular weight excluding hydrogens is 401 g/mol. The second-order valence-corrected chi connectivity index (χ2v) is 2.60. The SMILES string of the molecule is O=C(O)c1ccc([N+](=O)[O-])cc1C(=O)O.[Pt+2]. The van der Waals surface area contributed by atoms with Crippen molar-refractivity contribution in [1.29, 1.82) is 0 Å².